The Balaban J connectivity index is 1.58. The van der Waals surface area contributed by atoms with Crippen LogP contribution in [-0.2, 0) is 11.3 Å². The molecule has 0 N–H and O–H groups in total. The van der Waals surface area contributed by atoms with E-state index >= 15 is 0 Å². The van der Waals surface area contributed by atoms with Crippen LogP contribution in [0, 0.1) is 19.8 Å². The number of fused-ring (bicyclic) bond motifs is 4. The van der Waals surface area contributed by atoms with Crippen molar-refractivity contribution < 1.29 is 14.1 Å². The van der Waals surface area contributed by atoms with E-state index in [2.05, 4.69) is 10.1 Å². The van der Waals surface area contributed by atoms with Crippen molar-refractivity contribution in [2.75, 3.05) is 13.1 Å². The van der Waals surface area contributed by atoms with E-state index in [1.54, 1.807) is 24.5 Å². The minimum atomic E-state index is -0.139. The molecule has 136 valence electrons. The highest BCUT2D eigenvalue weighted by Crippen LogP contribution is 2.32. The van der Waals surface area contributed by atoms with Crippen LogP contribution in [0.3, 0.4) is 0 Å². The first-order chi connectivity index (χ1) is 12.5. The summed E-state index contributed by atoms with van der Waals surface area (Å²) in [6.07, 6.45) is 4.99. The molecule has 0 unspecified atom stereocenters. The lowest BCUT2D eigenvalue weighted by atomic mass is 9.93. The molecule has 3 saturated heterocycles. The largest absolute Gasteiger partial charge is 0.361 e. The van der Waals surface area contributed by atoms with Gasteiger partial charge in [-0.25, -0.2) is 0 Å². The van der Waals surface area contributed by atoms with Crippen LogP contribution in [0.4, 0.5) is 0 Å². The molecule has 0 aliphatic carbocycles. The summed E-state index contributed by atoms with van der Waals surface area (Å²) in [5.74, 6) is 0.711. The SMILES string of the molecule is Cc1noc(C)c1CN1C(=O)[C@@H]2CC[C@H]1CN(C(=O)c1ccncc1)C2. The Bertz CT molecular complexity index is 813. The second-order valence-corrected chi connectivity index (χ2v) is 7.14. The van der Waals surface area contributed by atoms with E-state index in [1.807, 2.05) is 23.6 Å². The first-order valence-electron chi connectivity index (χ1n) is 8.96. The molecule has 2 aromatic rings. The molecule has 7 nitrogen and oxygen atoms in total. The molecular weight excluding hydrogens is 332 g/mol. The Kier molecular flexibility index (Phi) is 4.22. The molecule has 7 heteroatoms. The highest BCUT2D eigenvalue weighted by Gasteiger charge is 2.42. The van der Waals surface area contributed by atoms with E-state index in [4.69, 9.17) is 4.52 Å². The fourth-order valence-corrected chi connectivity index (χ4v) is 3.99. The van der Waals surface area contributed by atoms with Crippen LogP contribution in [0.1, 0.15) is 40.2 Å². The summed E-state index contributed by atoms with van der Waals surface area (Å²) < 4.78 is 5.24. The van der Waals surface area contributed by atoms with Crippen LogP contribution in [0.15, 0.2) is 29.0 Å². The fraction of sp³-hybridized carbons (Fsp3) is 0.474. The van der Waals surface area contributed by atoms with E-state index in [-0.39, 0.29) is 23.8 Å². The van der Waals surface area contributed by atoms with Gasteiger partial charge < -0.3 is 14.3 Å². The van der Waals surface area contributed by atoms with Crippen LogP contribution < -0.4 is 0 Å². The van der Waals surface area contributed by atoms with Gasteiger partial charge in [0.05, 0.1) is 18.2 Å². The topological polar surface area (TPSA) is 79.5 Å². The Morgan fingerprint density at radius 3 is 2.69 bits per heavy atom. The lowest BCUT2D eigenvalue weighted by Gasteiger charge is -2.35. The van der Waals surface area contributed by atoms with E-state index in [0.717, 1.165) is 29.9 Å². The van der Waals surface area contributed by atoms with E-state index in [0.29, 0.717) is 25.2 Å². The molecule has 3 aliphatic rings. The van der Waals surface area contributed by atoms with Crippen molar-refractivity contribution in [3.8, 4) is 0 Å². The van der Waals surface area contributed by atoms with Crippen molar-refractivity contribution in [3.63, 3.8) is 0 Å². The van der Waals surface area contributed by atoms with Crippen LogP contribution in [0.25, 0.3) is 0 Å². The van der Waals surface area contributed by atoms with Gasteiger partial charge >= 0.3 is 0 Å². The second kappa shape index (κ2) is 6.55. The monoisotopic (exact) mass is 354 g/mol. The van der Waals surface area contributed by atoms with Crippen LogP contribution in [0.2, 0.25) is 0 Å². The molecule has 5 rings (SSSR count). The number of carbonyl (C=O) groups excluding carboxylic acids is 2. The first kappa shape index (κ1) is 16.8. The van der Waals surface area contributed by atoms with Crippen LogP contribution in [-0.4, -0.2) is 50.9 Å². The minimum Gasteiger partial charge on any atom is -0.361 e. The number of piperidine rings is 1. The zero-order valence-corrected chi connectivity index (χ0v) is 15.0. The molecule has 0 radical (unpaired) electrons. The number of rotatable bonds is 3. The number of nitrogens with zero attached hydrogens (tertiary/aromatic N) is 4. The van der Waals surface area contributed by atoms with Gasteiger partial charge in [-0.15, -0.1) is 0 Å². The highest BCUT2D eigenvalue weighted by atomic mass is 16.5. The van der Waals surface area contributed by atoms with Gasteiger partial charge in [-0.3, -0.25) is 14.6 Å². The molecule has 2 amide bonds. The smallest absolute Gasteiger partial charge is 0.254 e. The maximum Gasteiger partial charge on any atom is 0.254 e. The van der Waals surface area contributed by atoms with Crippen molar-refractivity contribution in [2.45, 2.75) is 39.3 Å². The number of pyridine rings is 1. The molecule has 2 aromatic heterocycles. The van der Waals surface area contributed by atoms with Gasteiger partial charge in [0.2, 0.25) is 5.91 Å². The average molecular weight is 354 g/mol. The molecule has 0 aromatic carbocycles. The van der Waals surface area contributed by atoms with Crippen molar-refractivity contribution >= 4 is 11.8 Å². The van der Waals surface area contributed by atoms with Gasteiger partial charge in [0, 0.05) is 42.7 Å². The van der Waals surface area contributed by atoms with Gasteiger partial charge in [0.25, 0.3) is 5.91 Å². The number of aryl methyl sites for hydroxylation is 2. The maximum absolute atomic E-state index is 13.0. The zero-order valence-electron chi connectivity index (χ0n) is 15.0. The van der Waals surface area contributed by atoms with E-state index < -0.39 is 0 Å². The lowest BCUT2D eigenvalue weighted by Crippen LogP contribution is -2.47. The lowest BCUT2D eigenvalue weighted by molar-refractivity contribution is -0.140. The quantitative estimate of drug-likeness (QED) is 0.842. The van der Waals surface area contributed by atoms with Gasteiger partial charge in [-0.05, 0) is 38.8 Å². The highest BCUT2D eigenvalue weighted by molar-refractivity contribution is 5.95. The Labute approximate surface area is 152 Å². The molecular formula is C19H22N4O3. The van der Waals surface area contributed by atoms with Crippen LogP contribution in [0.5, 0.6) is 0 Å². The van der Waals surface area contributed by atoms with E-state index in [1.165, 1.54) is 0 Å². The summed E-state index contributed by atoms with van der Waals surface area (Å²) >= 11 is 0. The number of carbonyl (C=O) groups is 2. The summed E-state index contributed by atoms with van der Waals surface area (Å²) in [5.41, 5.74) is 2.41. The van der Waals surface area contributed by atoms with Crippen molar-refractivity contribution in [1.29, 1.82) is 0 Å². The molecule has 5 heterocycles. The standard InChI is InChI=1S/C19H22N4O3/c1-12-17(13(2)26-21-12)11-23-16-4-3-15(19(23)25)9-22(10-16)18(24)14-5-7-20-8-6-14/h5-8,15-16H,3-4,9-11H2,1-2H3/t15-,16+/m1/s1. The molecule has 2 atom stereocenters. The summed E-state index contributed by atoms with van der Waals surface area (Å²) in [4.78, 5) is 33.5. The Hall–Kier alpha value is -2.70. The molecule has 2 bridgehead atoms. The van der Waals surface area contributed by atoms with Gasteiger partial charge in [-0.1, -0.05) is 5.16 Å². The number of amides is 2. The third-order valence-corrected chi connectivity index (χ3v) is 5.52. The van der Waals surface area contributed by atoms with E-state index in [9.17, 15) is 9.59 Å². The van der Waals surface area contributed by atoms with Crippen molar-refractivity contribution in [3.05, 3.63) is 47.1 Å². The number of aromatic nitrogens is 2. The van der Waals surface area contributed by atoms with Crippen molar-refractivity contribution in [2.24, 2.45) is 5.92 Å². The molecule has 3 fully saturated rings. The second-order valence-electron chi connectivity index (χ2n) is 7.14. The third kappa shape index (κ3) is 2.87. The van der Waals surface area contributed by atoms with Crippen LogP contribution >= 0.6 is 0 Å². The molecule has 0 saturated carbocycles. The van der Waals surface area contributed by atoms with Gasteiger partial charge in [0.1, 0.15) is 5.76 Å². The van der Waals surface area contributed by atoms with Crippen molar-refractivity contribution in [1.82, 2.24) is 19.9 Å². The summed E-state index contributed by atoms with van der Waals surface area (Å²) in [5, 5.41) is 3.99. The Morgan fingerprint density at radius 1 is 1.23 bits per heavy atom. The van der Waals surface area contributed by atoms with Gasteiger partial charge in [-0.2, -0.15) is 0 Å². The summed E-state index contributed by atoms with van der Waals surface area (Å²) in [6.45, 7) is 5.31. The third-order valence-electron chi connectivity index (χ3n) is 5.52. The minimum absolute atomic E-state index is 0.0285. The van der Waals surface area contributed by atoms with Gasteiger partial charge in [0.15, 0.2) is 0 Å². The average Bonchev–Trinajstić information content (AvgIpc) is 2.82. The fourth-order valence-electron chi connectivity index (χ4n) is 3.99. The zero-order chi connectivity index (χ0) is 18.3. The molecule has 0 spiro atoms. The molecule has 3 aliphatic heterocycles. The predicted molar refractivity (Wildman–Crippen MR) is 93.2 cm³/mol. The summed E-state index contributed by atoms with van der Waals surface area (Å²) in [7, 11) is 0. The number of hydrogen-bond donors (Lipinski definition) is 0. The predicted octanol–water partition coefficient (Wildman–Crippen LogP) is 1.95. The Morgan fingerprint density at radius 2 is 2.00 bits per heavy atom. The first-order valence-corrected chi connectivity index (χ1v) is 8.96. The molecule has 26 heavy (non-hydrogen) atoms. The normalized spacial score (nSPS) is 22.6. The summed E-state index contributed by atoms with van der Waals surface area (Å²) in [6, 6.07) is 3.47. The maximum atomic E-state index is 13.0. The number of hydrogen-bond acceptors (Lipinski definition) is 5.